The fourth-order valence-corrected chi connectivity index (χ4v) is 4.10. The standard InChI is InChI=1S/C24H23BrN4O3S/c1-3-28-13-17(12-26-28)14-29-23(30)20(27-24(29)33)11-16-8-9-21(31-2)18(10-16)15-32-22-7-5-4-6-19(22)25/h4-13H,3,14-15H2,1-2H3,(H,27,33)/b20-11+. The first kappa shape index (κ1) is 23.0. The zero-order valence-electron chi connectivity index (χ0n) is 18.2. The number of nitrogens with one attached hydrogen (secondary N) is 1. The molecule has 1 aliphatic heterocycles. The lowest BCUT2D eigenvalue weighted by atomic mass is 10.1. The van der Waals surface area contributed by atoms with E-state index in [0.717, 1.165) is 33.5 Å². The fourth-order valence-electron chi connectivity index (χ4n) is 3.44. The van der Waals surface area contributed by atoms with Gasteiger partial charge in [0.25, 0.3) is 5.91 Å². The Morgan fingerprint density at radius 3 is 2.76 bits per heavy atom. The minimum Gasteiger partial charge on any atom is -0.496 e. The number of thiocarbonyl (C=S) groups is 1. The van der Waals surface area contributed by atoms with E-state index < -0.39 is 0 Å². The normalized spacial score (nSPS) is 14.6. The van der Waals surface area contributed by atoms with Crippen molar-refractivity contribution in [2.24, 2.45) is 0 Å². The summed E-state index contributed by atoms with van der Waals surface area (Å²) in [4.78, 5) is 14.5. The number of carbonyl (C=O) groups is 1. The molecular formula is C24H23BrN4O3S. The smallest absolute Gasteiger partial charge is 0.276 e. The Bertz CT molecular complexity index is 1220. The summed E-state index contributed by atoms with van der Waals surface area (Å²) in [7, 11) is 1.62. The van der Waals surface area contributed by atoms with E-state index >= 15 is 0 Å². The Morgan fingerprint density at radius 1 is 1.21 bits per heavy atom. The van der Waals surface area contributed by atoms with Crippen LogP contribution in [0.1, 0.15) is 23.6 Å². The van der Waals surface area contributed by atoms with Crippen LogP contribution in [0, 0.1) is 0 Å². The molecular weight excluding hydrogens is 504 g/mol. The molecule has 2 aromatic carbocycles. The summed E-state index contributed by atoms with van der Waals surface area (Å²) in [5.41, 5.74) is 3.04. The second-order valence-corrected chi connectivity index (χ2v) is 8.62. The Morgan fingerprint density at radius 2 is 2.03 bits per heavy atom. The van der Waals surface area contributed by atoms with Crippen LogP contribution in [0.2, 0.25) is 0 Å². The second kappa shape index (κ2) is 10.2. The molecule has 1 fully saturated rings. The number of carbonyl (C=O) groups excluding carboxylic acids is 1. The lowest BCUT2D eigenvalue weighted by Crippen LogP contribution is -2.29. The summed E-state index contributed by atoms with van der Waals surface area (Å²) in [6.07, 6.45) is 5.45. The Kier molecular flexibility index (Phi) is 7.10. The minimum absolute atomic E-state index is 0.175. The van der Waals surface area contributed by atoms with Crippen molar-refractivity contribution in [3.63, 3.8) is 0 Å². The number of benzene rings is 2. The third-order valence-corrected chi connectivity index (χ3v) is 6.13. The van der Waals surface area contributed by atoms with Gasteiger partial charge in [-0.3, -0.25) is 14.4 Å². The van der Waals surface area contributed by atoms with Gasteiger partial charge in [0, 0.05) is 23.9 Å². The molecule has 1 aromatic heterocycles. The predicted molar refractivity (Wildman–Crippen MR) is 134 cm³/mol. The van der Waals surface area contributed by atoms with Crippen LogP contribution in [-0.2, 0) is 24.5 Å². The van der Waals surface area contributed by atoms with Crippen molar-refractivity contribution in [2.75, 3.05) is 7.11 Å². The van der Waals surface area contributed by atoms with Gasteiger partial charge < -0.3 is 14.8 Å². The summed E-state index contributed by atoms with van der Waals surface area (Å²) in [5, 5.41) is 7.66. The number of aryl methyl sites for hydroxylation is 1. The molecule has 0 atom stereocenters. The van der Waals surface area contributed by atoms with Crippen molar-refractivity contribution >= 4 is 45.2 Å². The van der Waals surface area contributed by atoms with Gasteiger partial charge in [-0.25, -0.2) is 0 Å². The summed E-state index contributed by atoms with van der Waals surface area (Å²) in [6, 6.07) is 13.3. The van der Waals surface area contributed by atoms with E-state index in [1.807, 2.05) is 60.3 Å². The third kappa shape index (κ3) is 5.26. The SMILES string of the molecule is CCn1cc(CN2C(=O)/C(=C\c3ccc(OC)c(COc4ccccc4Br)c3)NC2=S)cn1. The van der Waals surface area contributed by atoms with Gasteiger partial charge in [-0.1, -0.05) is 18.2 Å². The van der Waals surface area contributed by atoms with E-state index in [2.05, 4.69) is 26.3 Å². The molecule has 33 heavy (non-hydrogen) atoms. The molecule has 4 rings (SSSR count). The topological polar surface area (TPSA) is 68.6 Å². The Balaban J connectivity index is 1.52. The van der Waals surface area contributed by atoms with Crippen LogP contribution < -0.4 is 14.8 Å². The highest BCUT2D eigenvalue weighted by Gasteiger charge is 2.30. The van der Waals surface area contributed by atoms with Crippen molar-refractivity contribution in [2.45, 2.75) is 26.6 Å². The molecule has 3 aromatic rings. The quantitative estimate of drug-likeness (QED) is 0.344. The first-order valence-electron chi connectivity index (χ1n) is 10.4. The van der Waals surface area contributed by atoms with Crippen LogP contribution in [0.25, 0.3) is 6.08 Å². The number of halogens is 1. The molecule has 0 saturated carbocycles. The number of nitrogens with zero attached hydrogens (tertiary/aromatic N) is 3. The zero-order valence-corrected chi connectivity index (χ0v) is 20.6. The largest absolute Gasteiger partial charge is 0.496 e. The molecule has 1 saturated heterocycles. The van der Waals surface area contributed by atoms with Crippen LogP contribution in [0.4, 0.5) is 0 Å². The van der Waals surface area contributed by atoms with E-state index in [0.29, 0.717) is 29.7 Å². The molecule has 1 aliphatic rings. The summed E-state index contributed by atoms with van der Waals surface area (Å²) < 4.78 is 14.1. The number of hydrogen-bond acceptors (Lipinski definition) is 5. The highest BCUT2D eigenvalue weighted by Crippen LogP contribution is 2.28. The number of rotatable bonds is 8. The minimum atomic E-state index is -0.175. The molecule has 7 nitrogen and oxygen atoms in total. The summed E-state index contributed by atoms with van der Waals surface area (Å²) in [5.74, 6) is 1.27. The molecule has 0 spiro atoms. The molecule has 0 radical (unpaired) electrons. The predicted octanol–water partition coefficient (Wildman–Crippen LogP) is 4.51. The maximum atomic E-state index is 13.0. The number of hydrogen-bond donors (Lipinski definition) is 1. The van der Waals surface area contributed by atoms with Gasteiger partial charge in [0.15, 0.2) is 5.11 Å². The lowest BCUT2D eigenvalue weighted by molar-refractivity contribution is -0.122. The highest BCUT2D eigenvalue weighted by molar-refractivity contribution is 9.10. The van der Waals surface area contributed by atoms with Gasteiger partial charge in [0.1, 0.15) is 23.8 Å². The van der Waals surface area contributed by atoms with E-state index in [1.165, 1.54) is 0 Å². The van der Waals surface area contributed by atoms with Gasteiger partial charge >= 0.3 is 0 Å². The van der Waals surface area contributed by atoms with Gasteiger partial charge in [0.2, 0.25) is 0 Å². The number of aromatic nitrogens is 2. The van der Waals surface area contributed by atoms with Gasteiger partial charge in [0.05, 0.1) is 24.3 Å². The first-order chi connectivity index (χ1) is 16.0. The molecule has 0 bridgehead atoms. The maximum Gasteiger partial charge on any atom is 0.276 e. The van der Waals surface area contributed by atoms with Crippen LogP contribution in [-0.4, -0.2) is 32.8 Å². The average Bonchev–Trinajstić information content (AvgIpc) is 3.38. The number of para-hydroxylation sites is 1. The summed E-state index contributed by atoms with van der Waals surface area (Å²) >= 11 is 8.89. The van der Waals surface area contributed by atoms with Crippen molar-refractivity contribution in [1.82, 2.24) is 20.0 Å². The maximum absolute atomic E-state index is 13.0. The van der Waals surface area contributed by atoms with E-state index in [9.17, 15) is 4.79 Å². The molecule has 170 valence electrons. The number of methoxy groups -OCH3 is 1. The molecule has 0 aliphatic carbocycles. The lowest BCUT2D eigenvalue weighted by Gasteiger charge is -2.12. The zero-order chi connectivity index (χ0) is 23.4. The van der Waals surface area contributed by atoms with Gasteiger partial charge in [-0.15, -0.1) is 0 Å². The van der Waals surface area contributed by atoms with Gasteiger partial charge in [-0.05, 0) is 71.0 Å². The van der Waals surface area contributed by atoms with Crippen LogP contribution in [0.15, 0.2) is 65.0 Å². The van der Waals surface area contributed by atoms with Crippen molar-refractivity contribution in [1.29, 1.82) is 0 Å². The Labute approximate surface area is 206 Å². The monoisotopic (exact) mass is 526 g/mol. The van der Waals surface area contributed by atoms with E-state index in [1.54, 1.807) is 24.3 Å². The van der Waals surface area contributed by atoms with Crippen LogP contribution >= 0.6 is 28.1 Å². The van der Waals surface area contributed by atoms with E-state index in [-0.39, 0.29) is 5.91 Å². The molecule has 1 amide bonds. The molecule has 2 heterocycles. The number of amides is 1. The van der Waals surface area contributed by atoms with Crippen molar-refractivity contribution in [3.8, 4) is 11.5 Å². The van der Waals surface area contributed by atoms with Crippen LogP contribution in [0.3, 0.4) is 0 Å². The summed E-state index contributed by atoms with van der Waals surface area (Å²) in [6.45, 7) is 3.47. The molecule has 1 N–H and O–H groups in total. The average molecular weight is 527 g/mol. The second-order valence-electron chi connectivity index (χ2n) is 7.37. The van der Waals surface area contributed by atoms with E-state index in [4.69, 9.17) is 21.7 Å². The van der Waals surface area contributed by atoms with Crippen LogP contribution in [0.5, 0.6) is 11.5 Å². The number of ether oxygens (including phenoxy) is 2. The Hall–Kier alpha value is -3.17. The molecule has 9 heteroatoms. The molecule has 0 unspecified atom stereocenters. The van der Waals surface area contributed by atoms with Crippen molar-refractivity contribution < 1.29 is 14.3 Å². The van der Waals surface area contributed by atoms with Crippen molar-refractivity contribution in [3.05, 3.63) is 81.7 Å². The van der Waals surface area contributed by atoms with Gasteiger partial charge in [-0.2, -0.15) is 5.10 Å². The fraction of sp³-hybridized carbons (Fsp3) is 0.208. The highest BCUT2D eigenvalue weighted by atomic mass is 79.9. The third-order valence-electron chi connectivity index (χ3n) is 5.15. The first-order valence-corrected chi connectivity index (χ1v) is 11.6.